The van der Waals surface area contributed by atoms with Crippen LogP contribution in [0.5, 0.6) is 5.75 Å². The lowest BCUT2D eigenvalue weighted by Gasteiger charge is -2.11. The highest BCUT2D eigenvalue weighted by atomic mass is 127. The van der Waals surface area contributed by atoms with Crippen LogP contribution < -0.4 is 4.74 Å². The molecule has 2 aromatic carbocycles. The molecule has 0 aromatic heterocycles. The second-order valence-corrected chi connectivity index (χ2v) is 5.78. The average Bonchev–Trinajstić information content (AvgIpc) is 2.38. The Morgan fingerprint density at radius 3 is 2.61 bits per heavy atom. The number of benzene rings is 2. The Kier molecular flexibility index (Phi) is 4.77. The van der Waals surface area contributed by atoms with Gasteiger partial charge in [0.15, 0.2) is 6.29 Å². The standard InChI is InChI=1S/C14H10BrIO2/c15-12-6-11(8-17)14(13(16)7-12)18-9-10-4-2-1-3-5-10/h1-8H,9H2. The van der Waals surface area contributed by atoms with E-state index in [1.807, 2.05) is 36.4 Å². The minimum absolute atomic E-state index is 0.458. The van der Waals surface area contributed by atoms with Gasteiger partial charge in [0.1, 0.15) is 12.4 Å². The molecule has 0 aliphatic carbocycles. The van der Waals surface area contributed by atoms with E-state index >= 15 is 0 Å². The zero-order valence-corrected chi connectivity index (χ0v) is 13.1. The molecular formula is C14H10BrIO2. The number of carbonyl (C=O) groups excluding carboxylic acids is 1. The lowest BCUT2D eigenvalue weighted by Crippen LogP contribution is -2.00. The van der Waals surface area contributed by atoms with Crippen LogP contribution in [0, 0.1) is 3.57 Å². The average molecular weight is 417 g/mol. The minimum atomic E-state index is 0.458. The van der Waals surface area contributed by atoms with Gasteiger partial charge in [-0.15, -0.1) is 0 Å². The Morgan fingerprint density at radius 1 is 1.22 bits per heavy atom. The zero-order chi connectivity index (χ0) is 13.0. The van der Waals surface area contributed by atoms with Crippen molar-refractivity contribution in [2.75, 3.05) is 0 Å². The molecule has 0 bridgehead atoms. The summed E-state index contributed by atoms with van der Waals surface area (Å²) >= 11 is 5.53. The minimum Gasteiger partial charge on any atom is -0.487 e. The maximum absolute atomic E-state index is 11.0. The van der Waals surface area contributed by atoms with Gasteiger partial charge in [-0.3, -0.25) is 4.79 Å². The summed E-state index contributed by atoms with van der Waals surface area (Å²) in [6, 6.07) is 13.6. The highest BCUT2D eigenvalue weighted by Gasteiger charge is 2.09. The molecule has 2 aromatic rings. The van der Waals surface area contributed by atoms with Gasteiger partial charge in [0.2, 0.25) is 0 Å². The molecule has 0 heterocycles. The van der Waals surface area contributed by atoms with E-state index in [-0.39, 0.29) is 0 Å². The van der Waals surface area contributed by atoms with E-state index in [2.05, 4.69) is 38.5 Å². The van der Waals surface area contributed by atoms with Gasteiger partial charge in [0.05, 0.1) is 9.13 Å². The van der Waals surface area contributed by atoms with Gasteiger partial charge in [0, 0.05) is 4.47 Å². The van der Waals surface area contributed by atoms with Crippen LogP contribution in [-0.2, 0) is 6.61 Å². The number of aldehydes is 1. The van der Waals surface area contributed by atoms with Gasteiger partial charge in [-0.1, -0.05) is 46.3 Å². The van der Waals surface area contributed by atoms with Gasteiger partial charge >= 0.3 is 0 Å². The third-order valence-electron chi connectivity index (χ3n) is 2.39. The smallest absolute Gasteiger partial charge is 0.153 e. The van der Waals surface area contributed by atoms with Crippen LogP contribution in [0.1, 0.15) is 15.9 Å². The summed E-state index contributed by atoms with van der Waals surface area (Å²) in [6.45, 7) is 0.458. The number of hydrogen-bond acceptors (Lipinski definition) is 2. The summed E-state index contributed by atoms with van der Waals surface area (Å²) in [6.07, 6.45) is 0.813. The molecule has 18 heavy (non-hydrogen) atoms. The molecule has 4 heteroatoms. The second kappa shape index (κ2) is 6.33. The highest BCUT2D eigenvalue weighted by molar-refractivity contribution is 14.1. The van der Waals surface area contributed by atoms with Crippen molar-refractivity contribution in [2.45, 2.75) is 6.61 Å². The van der Waals surface area contributed by atoms with E-state index in [0.29, 0.717) is 17.9 Å². The van der Waals surface area contributed by atoms with Crippen molar-refractivity contribution in [3.05, 3.63) is 61.6 Å². The highest BCUT2D eigenvalue weighted by Crippen LogP contribution is 2.29. The predicted molar refractivity (Wildman–Crippen MR) is 83.0 cm³/mol. The van der Waals surface area contributed by atoms with Crippen molar-refractivity contribution < 1.29 is 9.53 Å². The maximum Gasteiger partial charge on any atom is 0.153 e. The Hall–Kier alpha value is -0.880. The van der Waals surface area contributed by atoms with Gasteiger partial charge in [-0.25, -0.2) is 0 Å². The Labute approximate surface area is 128 Å². The molecule has 0 N–H and O–H groups in total. The molecular weight excluding hydrogens is 407 g/mol. The topological polar surface area (TPSA) is 26.3 Å². The van der Waals surface area contributed by atoms with E-state index < -0.39 is 0 Å². The van der Waals surface area contributed by atoms with Crippen molar-refractivity contribution in [1.29, 1.82) is 0 Å². The van der Waals surface area contributed by atoms with Crippen LogP contribution in [0.25, 0.3) is 0 Å². The van der Waals surface area contributed by atoms with Gasteiger partial charge in [-0.05, 0) is 40.3 Å². The van der Waals surface area contributed by atoms with Crippen molar-refractivity contribution in [3.8, 4) is 5.75 Å². The van der Waals surface area contributed by atoms with Gasteiger partial charge < -0.3 is 4.74 Å². The summed E-state index contributed by atoms with van der Waals surface area (Å²) < 4.78 is 7.53. The van der Waals surface area contributed by atoms with E-state index in [0.717, 1.165) is 19.9 Å². The Morgan fingerprint density at radius 2 is 1.94 bits per heavy atom. The third-order valence-corrected chi connectivity index (χ3v) is 3.65. The number of carbonyl (C=O) groups is 1. The Bertz CT molecular complexity index is 555. The van der Waals surface area contributed by atoms with Crippen molar-refractivity contribution in [3.63, 3.8) is 0 Å². The zero-order valence-electron chi connectivity index (χ0n) is 9.40. The first-order valence-electron chi connectivity index (χ1n) is 5.31. The third kappa shape index (κ3) is 3.32. The molecule has 0 spiro atoms. The first-order chi connectivity index (χ1) is 8.70. The summed E-state index contributed by atoms with van der Waals surface area (Å²) in [5.74, 6) is 0.637. The van der Waals surface area contributed by atoms with Gasteiger partial charge in [-0.2, -0.15) is 0 Å². The molecule has 0 radical (unpaired) electrons. The SMILES string of the molecule is O=Cc1cc(Br)cc(I)c1OCc1ccccc1. The summed E-state index contributed by atoms with van der Waals surface area (Å²) in [5, 5.41) is 0. The quantitative estimate of drug-likeness (QED) is 0.543. The van der Waals surface area contributed by atoms with E-state index in [9.17, 15) is 4.79 Å². The molecule has 2 rings (SSSR count). The van der Waals surface area contributed by atoms with E-state index in [1.54, 1.807) is 6.07 Å². The molecule has 92 valence electrons. The van der Waals surface area contributed by atoms with Crippen LogP contribution in [-0.4, -0.2) is 6.29 Å². The van der Waals surface area contributed by atoms with Crippen LogP contribution in [0.15, 0.2) is 46.9 Å². The van der Waals surface area contributed by atoms with Crippen LogP contribution >= 0.6 is 38.5 Å². The molecule has 0 amide bonds. The van der Waals surface area contributed by atoms with Crippen molar-refractivity contribution in [2.24, 2.45) is 0 Å². The molecule has 2 nitrogen and oxygen atoms in total. The lowest BCUT2D eigenvalue weighted by atomic mass is 10.2. The fourth-order valence-corrected chi connectivity index (χ4v) is 3.26. The number of rotatable bonds is 4. The molecule has 0 atom stereocenters. The lowest BCUT2D eigenvalue weighted by molar-refractivity contribution is 0.111. The molecule has 0 aliphatic rings. The van der Waals surface area contributed by atoms with E-state index in [4.69, 9.17) is 4.74 Å². The molecule has 0 aliphatic heterocycles. The second-order valence-electron chi connectivity index (χ2n) is 3.70. The van der Waals surface area contributed by atoms with Crippen LogP contribution in [0.3, 0.4) is 0 Å². The molecule has 0 saturated carbocycles. The maximum atomic E-state index is 11.0. The Balaban J connectivity index is 2.21. The first kappa shape index (κ1) is 13.5. The van der Waals surface area contributed by atoms with Crippen molar-refractivity contribution >= 4 is 44.8 Å². The molecule has 0 fully saturated rings. The number of ether oxygens (including phenoxy) is 1. The monoisotopic (exact) mass is 416 g/mol. The fourth-order valence-electron chi connectivity index (χ4n) is 1.55. The van der Waals surface area contributed by atoms with Crippen LogP contribution in [0.4, 0.5) is 0 Å². The number of hydrogen-bond donors (Lipinski definition) is 0. The predicted octanol–water partition coefficient (Wildman–Crippen LogP) is 4.45. The number of halogens is 2. The summed E-state index contributed by atoms with van der Waals surface area (Å²) in [7, 11) is 0. The largest absolute Gasteiger partial charge is 0.487 e. The van der Waals surface area contributed by atoms with E-state index in [1.165, 1.54) is 0 Å². The molecule has 0 saturated heterocycles. The molecule has 0 unspecified atom stereocenters. The van der Waals surface area contributed by atoms with Crippen LogP contribution in [0.2, 0.25) is 0 Å². The van der Waals surface area contributed by atoms with Crippen molar-refractivity contribution in [1.82, 2.24) is 0 Å². The fraction of sp³-hybridized carbons (Fsp3) is 0.0714. The van der Waals surface area contributed by atoms with Gasteiger partial charge in [0.25, 0.3) is 0 Å². The normalized spacial score (nSPS) is 10.1. The summed E-state index contributed by atoms with van der Waals surface area (Å²) in [4.78, 5) is 11.0. The summed E-state index contributed by atoms with van der Waals surface area (Å²) in [5.41, 5.74) is 1.64. The first-order valence-corrected chi connectivity index (χ1v) is 7.19.